The smallest absolute Gasteiger partial charge is 0.0897 e. The minimum absolute atomic E-state index is 0.383. The van der Waals surface area contributed by atoms with Gasteiger partial charge in [-0.1, -0.05) is 6.92 Å². The molecule has 1 rings (SSSR count). The van der Waals surface area contributed by atoms with Crippen LogP contribution in [-0.4, -0.2) is 62.0 Å². The summed E-state index contributed by atoms with van der Waals surface area (Å²) >= 11 is 0. The predicted octanol–water partition coefficient (Wildman–Crippen LogP) is 0.0676. The number of methoxy groups -OCH3 is 1. The first-order chi connectivity index (χ1) is 7.27. The summed E-state index contributed by atoms with van der Waals surface area (Å²) in [6.07, 6.45) is 2.20. The van der Waals surface area contributed by atoms with Gasteiger partial charge in [0.2, 0.25) is 0 Å². The third-order valence-corrected chi connectivity index (χ3v) is 3.02. The van der Waals surface area contributed by atoms with Gasteiger partial charge in [0.25, 0.3) is 0 Å². The van der Waals surface area contributed by atoms with E-state index in [0.29, 0.717) is 19.2 Å². The third kappa shape index (κ3) is 4.47. The normalized spacial score (nSPS) is 24.6. The first-order valence-corrected chi connectivity index (χ1v) is 5.89. The molecule has 2 N–H and O–H groups in total. The van der Waals surface area contributed by atoms with Crippen molar-refractivity contribution < 1.29 is 9.84 Å². The van der Waals surface area contributed by atoms with Crippen LogP contribution in [0.5, 0.6) is 0 Å². The molecule has 0 aromatic rings. The maximum atomic E-state index is 9.45. The number of ether oxygens (including phenoxy) is 1. The summed E-state index contributed by atoms with van der Waals surface area (Å²) in [6.45, 7) is 6.58. The molecule has 1 aliphatic rings. The van der Waals surface area contributed by atoms with Crippen LogP contribution < -0.4 is 5.32 Å². The number of likely N-dealkylation sites (N-methyl/N-ethyl adjacent to an activating group) is 1. The molecule has 0 saturated carbocycles. The Hall–Kier alpha value is -0.160. The Labute approximate surface area is 92.6 Å². The maximum absolute atomic E-state index is 9.45. The van der Waals surface area contributed by atoms with Gasteiger partial charge in [0, 0.05) is 26.2 Å². The summed E-state index contributed by atoms with van der Waals surface area (Å²) in [5.74, 6) is 0. The highest BCUT2D eigenvalue weighted by molar-refractivity contribution is 4.80. The zero-order valence-corrected chi connectivity index (χ0v) is 9.91. The molecule has 0 spiro atoms. The van der Waals surface area contributed by atoms with E-state index >= 15 is 0 Å². The number of aliphatic hydroxyl groups excluding tert-OH is 1. The van der Waals surface area contributed by atoms with Crippen LogP contribution in [0, 0.1) is 0 Å². The quantitative estimate of drug-likeness (QED) is 0.632. The number of hydrogen-bond donors (Lipinski definition) is 2. The van der Waals surface area contributed by atoms with E-state index < -0.39 is 0 Å². The fourth-order valence-electron chi connectivity index (χ4n) is 2.21. The van der Waals surface area contributed by atoms with E-state index in [0.717, 1.165) is 13.1 Å². The van der Waals surface area contributed by atoms with E-state index in [1.165, 1.54) is 19.4 Å². The summed E-state index contributed by atoms with van der Waals surface area (Å²) < 4.78 is 4.87. The van der Waals surface area contributed by atoms with Crippen LogP contribution >= 0.6 is 0 Å². The lowest BCUT2D eigenvalue weighted by atomic mass is 10.2. The van der Waals surface area contributed by atoms with Crippen molar-refractivity contribution in [2.24, 2.45) is 0 Å². The van der Waals surface area contributed by atoms with Crippen molar-refractivity contribution in [1.29, 1.82) is 0 Å². The zero-order chi connectivity index (χ0) is 11.1. The van der Waals surface area contributed by atoms with Crippen LogP contribution in [0.3, 0.4) is 0 Å². The van der Waals surface area contributed by atoms with E-state index in [1.54, 1.807) is 7.11 Å². The Morgan fingerprint density at radius 1 is 1.60 bits per heavy atom. The Morgan fingerprint density at radius 2 is 2.40 bits per heavy atom. The standard InChI is InChI=1S/C11H24N2O2/c1-3-13-6-4-5-10(13)7-12-8-11(14)9-15-2/h10-12,14H,3-9H2,1-2H3. The Bertz CT molecular complexity index is 167. The Balaban J connectivity index is 2.08. The maximum Gasteiger partial charge on any atom is 0.0897 e. The second-order valence-corrected chi connectivity index (χ2v) is 4.19. The van der Waals surface area contributed by atoms with Gasteiger partial charge in [-0.15, -0.1) is 0 Å². The van der Waals surface area contributed by atoms with Gasteiger partial charge in [-0.25, -0.2) is 0 Å². The van der Waals surface area contributed by atoms with Gasteiger partial charge in [-0.2, -0.15) is 0 Å². The van der Waals surface area contributed by atoms with Crippen LogP contribution in [-0.2, 0) is 4.74 Å². The molecule has 1 aliphatic heterocycles. The fraction of sp³-hybridized carbons (Fsp3) is 1.00. The number of hydrogen-bond acceptors (Lipinski definition) is 4. The molecule has 15 heavy (non-hydrogen) atoms. The molecule has 2 unspecified atom stereocenters. The average Bonchev–Trinajstić information content (AvgIpc) is 2.66. The van der Waals surface area contributed by atoms with E-state index in [4.69, 9.17) is 4.74 Å². The van der Waals surface area contributed by atoms with Crippen molar-refractivity contribution in [2.45, 2.75) is 31.9 Å². The van der Waals surface area contributed by atoms with Gasteiger partial charge in [-0.05, 0) is 25.9 Å². The largest absolute Gasteiger partial charge is 0.389 e. The van der Waals surface area contributed by atoms with E-state index in [1.807, 2.05) is 0 Å². The molecule has 90 valence electrons. The molecule has 0 bridgehead atoms. The number of nitrogens with one attached hydrogen (secondary N) is 1. The fourth-order valence-corrected chi connectivity index (χ4v) is 2.21. The molecule has 0 aliphatic carbocycles. The molecule has 0 radical (unpaired) electrons. The average molecular weight is 216 g/mol. The molecule has 2 atom stereocenters. The minimum atomic E-state index is -0.383. The van der Waals surface area contributed by atoms with Crippen molar-refractivity contribution in [3.63, 3.8) is 0 Å². The van der Waals surface area contributed by atoms with Crippen LogP contribution in [0.15, 0.2) is 0 Å². The molecule has 0 aromatic carbocycles. The number of rotatable bonds is 7. The van der Waals surface area contributed by atoms with Crippen molar-refractivity contribution in [3.8, 4) is 0 Å². The topological polar surface area (TPSA) is 44.7 Å². The second kappa shape index (κ2) is 7.17. The summed E-state index contributed by atoms with van der Waals surface area (Å²) in [5, 5.41) is 12.7. The molecule has 0 amide bonds. The van der Waals surface area contributed by atoms with Gasteiger partial charge in [-0.3, -0.25) is 4.90 Å². The van der Waals surface area contributed by atoms with Crippen LogP contribution in [0.4, 0.5) is 0 Å². The Kier molecular flexibility index (Phi) is 6.17. The van der Waals surface area contributed by atoms with E-state index in [2.05, 4.69) is 17.1 Å². The lowest BCUT2D eigenvalue weighted by Crippen LogP contribution is -2.40. The lowest BCUT2D eigenvalue weighted by Gasteiger charge is -2.23. The van der Waals surface area contributed by atoms with Gasteiger partial charge < -0.3 is 15.2 Å². The van der Waals surface area contributed by atoms with Crippen LogP contribution in [0.2, 0.25) is 0 Å². The molecular weight excluding hydrogens is 192 g/mol. The van der Waals surface area contributed by atoms with Crippen molar-refractivity contribution in [2.75, 3.05) is 39.9 Å². The molecular formula is C11H24N2O2. The molecule has 1 fully saturated rings. The zero-order valence-electron chi connectivity index (χ0n) is 9.91. The first kappa shape index (κ1) is 12.9. The summed E-state index contributed by atoms with van der Waals surface area (Å²) in [4.78, 5) is 2.50. The molecule has 1 heterocycles. The minimum Gasteiger partial charge on any atom is -0.389 e. The molecule has 4 nitrogen and oxygen atoms in total. The third-order valence-electron chi connectivity index (χ3n) is 3.02. The SMILES string of the molecule is CCN1CCCC1CNCC(O)COC. The summed E-state index contributed by atoms with van der Waals surface area (Å²) in [5.41, 5.74) is 0. The van der Waals surface area contributed by atoms with E-state index in [-0.39, 0.29) is 6.10 Å². The number of likely N-dealkylation sites (tertiary alicyclic amines) is 1. The number of nitrogens with zero attached hydrogens (tertiary/aromatic N) is 1. The van der Waals surface area contributed by atoms with Crippen molar-refractivity contribution in [1.82, 2.24) is 10.2 Å². The summed E-state index contributed by atoms with van der Waals surface area (Å²) in [6, 6.07) is 0.657. The Morgan fingerprint density at radius 3 is 3.07 bits per heavy atom. The number of aliphatic hydroxyl groups is 1. The summed E-state index contributed by atoms with van der Waals surface area (Å²) in [7, 11) is 1.61. The lowest BCUT2D eigenvalue weighted by molar-refractivity contribution is 0.0635. The van der Waals surface area contributed by atoms with Gasteiger partial charge >= 0.3 is 0 Å². The highest BCUT2D eigenvalue weighted by Gasteiger charge is 2.22. The van der Waals surface area contributed by atoms with Crippen molar-refractivity contribution in [3.05, 3.63) is 0 Å². The first-order valence-electron chi connectivity index (χ1n) is 5.89. The molecule has 0 aromatic heterocycles. The van der Waals surface area contributed by atoms with Crippen molar-refractivity contribution >= 4 is 0 Å². The van der Waals surface area contributed by atoms with Gasteiger partial charge in [0.05, 0.1) is 12.7 Å². The molecule has 4 heteroatoms. The molecule has 1 saturated heterocycles. The highest BCUT2D eigenvalue weighted by atomic mass is 16.5. The highest BCUT2D eigenvalue weighted by Crippen LogP contribution is 2.15. The van der Waals surface area contributed by atoms with E-state index in [9.17, 15) is 5.11 Å². The van der Waals surface area contributed by atoms with Crippen LogP contribution in [0.25, 0.3) is 0 Å². The monoisotopic (exact) mass is 216 g/mol. The van der Waals surface area contributed by atoms with Crippen LogP contribution in [0.1, 0.15) is 19.8 Å². The predicted molar refractivity (Wildman–Crippen MR) is 61.0 cm³/mol. The van der Waals surface area contributed by atoms with Gasteiger partial charge in [0.1, 0.15) is 0 Å². The van der Waals surface area contributed by atoms with Gasteiger partial charge in [0.15, 0.2) is 0 Å². The second-order valence-electron chi connectivity index (χ2n) is 4.19.